The van der Waals surface area contributed by atoms with Crippen LogP contribution in [0.25, 0.3) is 0 Å². The molecule has 0 spiro atoms. The minimum atomic E-state index is 0.110. The van der Waals surface area contributed by atoms with Crippen LogP contribution in [0.5, 0.6) is 0 Å². The van der Waals surface area contributed by atoms with Crippen molar-refractivity contribution in [2.75, 3.05) is 13.2 Å². The number of H-pyrrole nitrogens is 1. The Morgan fingerprint density at radius 1 is 1.77 bits per heavy atom. The summed E-state index contributed by atoms with van der Waals surface area (Å²) in [4.78, 5) is 11.9. The van der Waals surface area contributed by atoms with Crippen molar-refractivity contribution < 1.29 is 9.57 Å². The topological polar surface area (TPSA) is 59.5 Å². The summed E-state index contributed by atoms with van der Waals surface area (Å²) in [5, 5.41) is 3.82. The number of imidazole rings is 1. The number of ether oxygens (including phenoxy) is 1. The van der Waals surface area contributed by atoms with E-state index < -0.39 is 0 Å². The molecule has 1 aliphatic heterocycles. The molecular formula is C8H11N3O2. The highest BCUT2D eigenvalue weighted by Gasteiger charge is 2.16. The standard InChI is InChI=1S/C8H11N3O2/c1-2-12-5-8(1)13-11-4-7-3-9-6-10-7/h3-4,6,8H,1-2,5H2,(H,9,10)/b11-4+. The van der Waals surface area contributed by atoms with E-state index in [4.69, 9.17) is 9.57 Å². The molecule has 0 aromatic carbocycles. The third kappa shape index (κ3) is 2.29. The molecule has 5 heteroatoms. The normalized spacial score (nSPS) is 22.6. The largest absolute Gasteiger partial charge is 0.390 e. The van der Waals surface area contributed by atoms with Crippen LogP contribution in [0.4, 0.5) is 0 Å². The fraction of sp³-hybridized carbons (Fsp3) is 0.500. The van der Waals surface area contributed by atoms with Crippen LogP contribution in [0.1, 0.15) is 12.1 Å². The summed E-state index contributed by atoms with van der Waals surface area (Å²) < 4.78 is 5.13. The van der Waals surface area contributed by atoms with Crippen LogP contribution in [0.15, 0.2) is 17.7 Å². The number of nitrogens with one attached hydrogen (secondary N) is 1. The van der Waals surface area contributed by atoms with E-state index in [0.29, 0.717) is 6.61 Å². The van der Waals surface area contributed by atoms with Gasteiger partial charge >= 0.3 is 0 Å². The first kappa shape index (κ1) is 8.25. The SMILES string of the molecule is C(=N\OC1CCOC1)/c1cnc[nH]1. The van der Waals surface area contributed by atoms with Crippen molar-refractivity contribution in [1.29, 1.82) is 0 Å². The second-order valence-corrected chi connectivity index (χ2v) is 2.83. The average molecular weight is 181 g/mol. The van der Waals surface area contributed by atoms with Gasteiger partial charge in [0.1, 0.15) is 0 Å². The molecule has 2 rings (SSSR count). The monoisotopic (exact) mass is 181 g/mol. The van der Waals surface area contributed by atoms with Crippen LogP contribution >= 0.6 is 0 Å². The molecule has 1 aliphatic rings. The van der Waals surface area contributed by atoms with Gasteiger partial charge in [0, 0.05) is 6.42 Å². The summed E-state index contributed by atoms with van der Waals surface area (Å²) in [5.41, 5.74) is 0.832. The highest BCUT2D eigenvalue weighted by molar-refractivity contribution is 5.75. The van der Waals surface area contributed by atoms with Gasteiger partial charge < -0.3 is 14.6 Å². The maximum absolute atomic E-state index is 5.17. The second kappa shape index (κ2) is 4.04. The van der Waals surface area contributed by atoms with Crippen molar-refractivity contribution in [2.45, 2.75) is 12.5 Å². The number of nitrogens with zero attached hydrogens (tertiary/aromatic N) is 2. The van der Waals surface area contributed by atoms with Crippen LogP contribution in [0.3, 0.4) is 0 Å². The summed E-state index contributed by atoms with van der Waals surface area (Å²) in [6, 6.07) is 0. The first-order valence-corrected chi connectivity index (χ1v) is 4.20. The Balaban J connectivity index is 1.78. The Labute approximate surface area is 75.8 Å². The second-order valence-electron chi connectivity index (χ2n) is 2.83. The van der Waals surface area contributed by atoms with E-state index in [0.717, 1.165) is 18.7 Å². The van der Waals surface area contributed by atoms with Crippen molar-refractivity contribution >= 4 is 6.21 Å². The molecule has 70 valence electrons. The summed E-state index contributed by atoms with van der Waals surface area (Å²) in [5.74, 6) is 0. The van der Waals surface area contributed by atoms with E-state index in [1.54, 1.807) is 18.7 Å². The van der Waals surface area contributed by atoms with Gasteiger partial charge in [-0.3, -0.25) is 0 Å². The molecule has 2 heterocycles. The lowest BCUT2D eigenvalue weighted by molar-refractivity contribution is 0.0484. The van der Waals surface area contributed by atoms with Crippen molar-refractivity contribution in [3.8, 4) is 0 Å². The zero-order chi connectivity index (χ0) is 8.93. The van der Waals surface area contributed by atoms with Crippen molar-refractivity contribution in [3.05, 3.63) is 18.2 Å². The maximum Gasteiger partial charge on any atom is 0.152 e. The van der Waals surface area contributed by atoms with Crippen molar-refractivity contribution in [2.24, 2.45) is 5.16 Å². The Hall–Kier alpha value is -1.36. The number of hydrogen-bond acceptors (Lipinski definition) is 4. The maximum atomic E-state index is 5.17. The Bertz CT molecular complexity index is 265. The predicted octanol–water partition coefficient (Wildman–Crippen LogP) is 0.549. The minimum Gasteiger partial charge on any atom is -0.390 e. The van der Waals surface area contributed by atoms with E-state index in [-0.39, 0.29) is 6.10 Å². The molecule has 1 N–H and O–H groups in total. The molecule has 1 aromatic rings. The lowest BCUT2D eigenvalue weighted by atomic mass is 10.3. The number of hydrogen-bond donors (Lipinski definition) is 1. The van der Waals surface area contributed by atoms with Gasteiger partial charge in [-0.05, 0) is 0 Å². The molecule has 0 bridgehead atoms. The third-order valence-electron chi connectivity index (χ3n) is 1.81. The van der Waals surface area contributed by atoms with Gasteiger partial charge in [0.05, 0.1) is 37.6 Å². The molecule has 0 aliphatic carbocycles. The minimum absolute atomic E-state index is 0.110. The Morgan fingerprint density at radius 2 is 2.77 bits per heavy atom. The molecule has 1 atom stereocenters. The predicted molar refractivity (Wildman–Crippen MR) is 46.5 cm³/mol. The molecule has 1 saturated heterocycles. The molecule has 5 nitrogen and oxygen atoms in total. The fourth-order valence-electron chi connectivity index (χ4n) is 1.11. The Morgan fingerprint density at radius 3 is 3.46 bits per heavy atom. The zero-order valence-corrected chi connectivity index (χ0v) is 7.14. The molecule has 0 saturated carbocycles. The van der Waals surface area contributed by atoms with Crippen LogP contribution in [0, 0.1) is 0 Å². The van der Waals surface area contributed by atoms with Crippen LogP contribution < -0.4 is 0 Å². The number of oxime groups is 1. The molecule has 1 aromatic heterocycles. The number of rotatable bonds is 3. The van der Waals surface area contributed by atoms with E-state index in [1.165, 1.54) is 0 Å². The molecule has 0 radical (unpaired) electrons. The average Bonchev–Trinajstić information content (AvgIpc) is 2.75. The molecule has 13 heavy (non-hydrogen) atoms. The van der Waals surface area contributed by atoms with Gasteiger partial charge in [-0.25, -0.2) is 4.98 Å². The molecule has 1 fully saturated rings. The summed E-state index contributed by atoms with van der Waals surface area (Å²) in [6.07, 6.45) is 5.91. The molecule has 0 amide bonds. The quantitative estimate of drug-likeness (QED) is 0.547. The van der Waals surface area contributed by atoms with E-state index in [9.17, 15) is 0 Å². The zero-order valence-electron chi connectivity index (χ0n) is 7.14. The van der Waals surface area contributed by atoms with Gasteiger partial charge in [-0.15, -0.1) is 0 Å². The van der Waals surface area contributed by atoms with Gasteiger partial charge in [-0.1, -0.05) is 5.16 Å². The number of aromatic nitrogens is 2. The lowest BCUT2D eigenvalue weighted by Gasteiger charge is -2.02. The van der Waals surface area contributed by atoms with Gasteiger partial charge in [0.15, 0.2) is 6.10 Å². The van der Waals surface area contributed by atoms with Crippen LogP contribution in [-0.2, 0) is 9.57 Å². The van der Waals surface area contributed by atoms with E-state index >= 15 is 0 Å². The fourth-order valence-corrected chi connectivity index (χ4v) is 1.11. The van der Waals surface area contributed by atoms with Crippen molar-refractivity contribution in [3.63, 3.8) is 0 Å². The summed E-state index contributed by atoms with van der Waals surface area (Å²) >= 11 is 0. The summed E-state index contributed by atoms with van der Waals surface area (Å²) in [6.45, 7) is 1.41. The van der Waals surface area contributed by atoms with E-state index in [2.05, 4.69) is 15.1 Å². The van der Waals surface area contributed by atoms with Crippen LogP contribution in [0.2, 0.25) is 0 Å². The first-order chi connectivity index (χ1) is 6.45. The third-order valence-corrected chi connectivity index (χ3v) is 1.81. The highest BCUT2D eigenvalue weighted by Crippen LogP contribution is 2.07. The first-order valence-electron chi connectivity index (χ1n) is 4.20. The van der Waals surface area contributed by atoms with Gasteiger partial charge in [-0.2, -0.15) is 0 Å². The highest BCUT2D eigenvalue weighted by atomic mass is 16.7. The molecular weight excluding hydrogens is 170 g/mol. The van der Waals surface area contributed by atoms with Gasteiger partial charge in [0.2, 0.25) is 0 Å². The van der Waals surface area contributed by atoms with Gasteiger partial charge in [0.25, 0.3) is 0 Å². The smallest absolute Gasteiger partial charge is 0.152 e. The van der Waals surface area contributed by atoms with E-state index in [1.807, 2.05) is 0 Å². The molecule has 1 unspecified atom stereocenters. The van der Waals surface area contributed by atoms with Crippen molar-refractivity contribution in [1.82, 2.24) is 9.97 Å². The summed E-state index contributed by atoms with van der Waals surface area (Å²) in [7, 11) is 0. The lowest BCUT2D eigenvalue weighted by Crippen LogP contribution is -2.08. The number of aromatic amines is 1. The van der Waals surface area contributed by atoms with Crippen LogP contribution in [-0.4, -0.2) is 35.5 Å². The Kier molecular flexibility index (Phi) is 2.56.